The molecule has 2 aliphatic rings. The van der Waals surface area contributed by atoms with E-state index < -0.39 is 5.97 Å². The monoisotopic (exact) mass is 224 g/mol. The van der Waals surface area contributed by atoms with Crippen LogP contribution in [0.3, 0.4) is 0 Å². The number of aliphatic carboxylic acids is 1. The second-order valence-corrected chi connectivity index (χ2v) is 5.81. The highest BCUT2D eigenvalue weighted by atomic mass is 16.4. The van der Waals surface area contributed by atoms with Crippen LogP contribution in [0.1, 0.15) is 64.2 Å². The van der Waals surface area contributed by atoms with Crippen LogP contribution in [0.15, 0.2) is 0 Å². The van der Waals surface area contributed by atoms with Crippen LogP contribution in [0.2, 0.25) is 0 Å². The molecular weight excluding hydrogens is 200 g/mol. The van der Waals surface area contributed by atoms with E-state index in [-0.39, 0.29) is 5.92 Å². The minimum absolute atomic E-state index is 0.0395. The van der Waals surface area contributed by atoms with Gasteiger partial charge in [-0.1, -0.05) is 44.9 Å². The number of carbonyl (C=O) groups is 1. The van der Waals surface area contributed by atoms with E-state index in [0.29, 0.717) is 5.92 Å². The molecule has 0 aromatic rings. The maximum absolute atomic E-state index is 11.0. The third-order valence-corrected chi connectivity index (χ3v) is 4.52. The van der Waals surface area contributed by atoms with E-state index >= 15 is 0 Å². The summed E-state index contributed by atoms with van der Waals surface area (Å²) in [5.74, 6) is 1.01. The number of hydrogen-bond acceptors (Lipinski definition) is 1. The van der Waals surface area contributed by atoms with Crippen molar-refractivity contribution in [3.05, 3.63) is 0 Å². The van der Waals surface area contributed by atoms with Gasteiger partial charge in [0.15, 0.2) is 0 Å². The molecule has 2 aliphatic carbocycles. The van der Waals surface area contributed by atoms with Gasteiger partial charge in [-0.25, -0.2) is 0 Å². The molecule has 0 amide bonds. The fourth-order valence-corrected chi connectivity index (χ4v) is 3.62. The smallest absolute Gasteiger partial charge is 0.306 e. The highest BCUT2D eigenvalue weighted by Gasteiger charge is 2.28. The predicted octanol–water partition coefficient (Wildman–Crippen LogP) is 3.85. The van der Waals surface area contributed by atoms with Gasteiger partial charge in [0, 0.05) is 0 Å². The van der Waals surface area contributed by atoms with Gasteiger partial charge < -0.3 is 5.11 Å². The van der Waals surface area contributed by atoms with Crippen LogP contribution in [0.4, 0.5) is 0 Å². The van der Waals surface area contributed by atoms with Crippen molar-refractivity contribution >= 4 is 5.97 Å². The first-order valence-corrected chi connectivity index (χ1v) is 6.98. The van der Waals surface area contributed by atoms with E-state index in [1.54, 1.807) is 0 Å². The quantitative estimate of drug-likeness (QED) is 0.790. The van der Waals surface area contributed by atoms with Gasteiger partial charge in [0.2, 0.25) is 0 Å². The van der Waals surface area contributed by atoms with Crippen LogP contribution >= 0.6 is 0 Å². The van der Waals surface area contributed by atoms with E-state index in [2.05, 4.69) is 0 Å². The van der Waals surface area contributed by atoms with Crippen molar-refractivity contribution in [2.45, 2.75) is 64.2 Å². The molecular formula is C14H24O2. The van der Waals surface area contributed by atoms with Crippen LogP contribution in [-0.2, 0) is 4.79 Å². The molecule has 2 rings (SSSR count). The Bertz CT molecular complexity index is 231. The van der Waals surface area contributed by atoms with Crippen molar-refractivity contribution in [2.24, 2.45) is 17.8 Å². The van der Waals surface area contributed by atoms with Gasteiger partial charge in [-0.3, -0.25) is 4.79 Å². The molecule has 0 spiro atoms. The summed E-state index contributed by atoms with van der Waals surface area (Å²) in [6.07, 6.45) is 12.6. The molecule has 0 radical (unpaired) electrons. The minimum atomic E-state index is -0.562. The zero-order valence-corrected chi connectivity index (χ0v) is 10.2. The van der Waals surface area contributed by atoms with Crippen LogP contribution in [-0.4, -0.2) is 11.1 Å². The van der Waals surface area contributed by atoms with Gasteiger partial charge in [0.1, 0.15) is 0 Å². The molecule has 2 unspecified atom stereocenters. The molecule has 0 aromatic carbocycles. The van der Waals surface area contributed by atoms with Crippen LogP contribution in [0, 0.1) is 17.8 Å². The molecule has 2 heteroatoms. The van der Waals surface area contributed by atoms with E-state index in [0.717, 1.165) is 25.2 Å². The molecule has 2 saturated carbocycles. The Labute approximate surface area is 98.4 Å². The van der Waals surface area contributed by atoms with E-state index in [4.69, 9.17) is 5.11 Å². The summed E-state index contributed by atoms with van der Waals surface area (Å²) in [5.41, 5.74) is 0. The van der Waals surface area contributed by atoms with Crippen molar-refractivity contribution in [3.8, 4) is 0 Å². The molecule has 1 N–H and O–H groups in total. The van der Waals surface area contributed by atoms with Gasteiger partial charge in [0.05, 0.1) is 5.92 Å². The molecule has 92 valence electrons. The standard InChI is InChI=1S/C14H24O2/c15-14(16)13-8-4-7-12(10-13)9-11-5-2-1-3-6-11/h11-13H,1-10H2,(H,15,16). The zero-order valence-electron chi connectivity index (χ0n) is 10.2. The lowest BCUT2D eigenvalue weighted by molar-refractivity contribution is -0.143. The molecule has 0 aliphatic heterocycles. The van der Waals surface area contributed by atoms with Gasteiger partial charge in [-0.2, -0.15) is 0 Å². The summed E-state index contributed by atoms with van der Waals surface area (Å²) in [4.78, 5) is 11.0. The SMILES string of the molecule is O=C(O)C1CCCC(CC2CCCCC2)C1. The van der Waals surface area contributed by atoms with Crippen molar-refractivity contribution in [3.63, 3.8) is 0 Å². The summed E-state index contributed by atoms with van der Waals surface area (Å²) in [6.45, 7) is 0. The topological polar surface area (TPSA) is 37.3 Å². The number of hydrogen-bond donors (Lipinski definition) is 1. The number of carboxylic acids is 1. The number of carboxylic acid groups (broad SMARTS) is 1. The fourth-order valence-electron chi connectivity index (χ4n) is 3.62. The molecule has 0 bridgehead atoms. The second-order valence-electron chi connectivity index (χ2n) is 5.81. The summed E-state index contributed by atoms with van der Waals surface area (Å²) in [5, 5.41) is 9.06. The maximum atomic E-state index is 11.0. The second kappa shape index (κ2) is 5.70. The molecule has 2 nitrogen and oxygen atoms in total. The van der Waals surface area contributed by atoms with Gasteiger partial charge in [-0.15, -0.1) is 0 Å². The van der Waals surface area contributed by atoms with Crippen molar-refractivity contribution in [1.29, 1.82) is 0 Å². The zero-order chi connectivity index (χ0) is 11.4. The van der Waals surface area contributed by atoms with Crippen molar-refractivity contribution in [2.75, 3.05) is 0 Å². The maximum Gasteiger partial charge on any atom is 0.306 e. The first kappa shape index (κ1) is 11.9. The van der Waals surface area contributed by atoms with Gasteiger partial charge >= 0.3 is 5.97 Å². The van der Waals surface area contributed by atoms with E-state index in [9.17, 15) is 4.79 Å². The normalized spacial score (nSPS) is 32.5. The van der Waals surface area contributed by atoms with Crippen LogP contribution < -0.4 is 0 Å². The molecule has 16 heavy (non-hydrogen) atoms. The summed E-state index contributed by atoms with van der Waals surface area (Å²) in [6, 6.07) is 0. The fraction of sp³-hybridized carbons (Fsp3) is 0.929. The highest BCUT2D eigenvalue weighted by Crippen LogP contribution is 2.37. The molecule has 2 atom stereocenters. The van der Waals surface area contributed by atoms with Gasteiger partial charge in [-0.05, 0) is 31.1 Å². The Morgan fingerprint density at radius 3 is 2.31 bits per heavy atom. The summed E-state index contributed by atoms with van der Waals surface area (Å²) in [7, 11) is 0. The van der Waals surface area contributed by atoms with E-state index in [1.807, 2.05) is 0 Å². The lowest BCUT2D eigenvalue weighted by Gasteiger charge is -2.31. The Morgan fingerprint density at radius 1 is 0.938 bits per heavy atom. The summed E-state index contributed by atoms with van der Waals surface area (Å²) >= 11 is 0. The Hall–Kier alpha value is -0.530. The Balaban J connectivity index is 1.78. The largest absolute Gasteiger partial charge is 0.481 e. The molecule has 0 heterocycles. The van der Waals surface area contributed by atoms with Crippen molar-refractivity contribution in [1.82, 2.24) is 0 Å². The first-order chi connectivity index (χ1) is 7.75. The number of rotatable bonds is 3. The predicted molar refractivity (Wildman–Crippen MR) is 64.3 cm³/mol. The first-order valence-electron chi connectivity index (χ1n) is 6.98. The Kier molecular flexibility index (Phi) is 4.25. The highest BCUT2D eigenvalue weighted by molar-refractivity contribution is 5.70. The van der Waals surface area contributed by atoms with E-state index in [1.165, 1.54) is 44.9 Å². The van der Waals surface area contributed by atoms with Gasteiger partial charge in [0.25, 0.3) is 0 Å². The van der Waals surface area contributed by atoms with Crippen LogP contribution in [0.25, 0.3) is 0 Å². The third kappa shape index (κ3) is 3.23. The van der Waals surface area contributed by atoms with Crippen LogP contribution in [0.5, 0.6) is 0 Å². The lowest BCUT2D eigenvalue weighted by Crippen LogP contribution is -2.24. The van der Waals surface area contributed by atoms with Crippen molar-refractivity contribution < 1.29 is 9.90 Å². The minimum Gasteiger partial charge on any atom is -0.481 e. The third-order valence-electron chi connectivity index (χ3n) is 4.52. The lowest BCUT2D eigenvalue weighted by atomic mass is 9.74. The Morgan fingerprint density at radius 2 is 1.62 bits per heavy atom. The molecule has 2 fully saturated rings. The average molecular weight is 224 g/mol. The average Bonchev–Trinajstić information content (AvgIpc) is 2.30. The molecule has 0 saturated heterocycles. The summed E-state index contributed by atoms with van der Waals surface area (Å²) < 4.78 is 0. The molecule has 0 aromatic heterocycles.